The molecule has 1 fully saturated rings. The van der Waals surface area contributed by atoms with E-state index in [0.717, 1.165) is 24.8 Å². The van der Waals surface area contributed by atoms with E-state index in [2.05, 4.69) is 41.8 Å². The Balaban J connectivity index is 1.57. The summed E-state index contributed by atoms with van der Waals surface area (Å²) in [7, 11) is 0. The molecule has 1 aliphatic carbocycles. The predicted octanol–water partition coefficient (Wildman–Crippen LogP) is 4.88. The highest BCUT2D eigenvalue weighted by atomic mass is 16.2. The van der Waals surface area contributed by atoms with E-state index in [9.17, 15) is 9.59 Å². The van der Waals surface area contributed by atoms with Crippen molar-refractivity contribution in [3.05, 3.63) is 65.2 Å². The van der Waals surface area contributed by atoms with Crippen molar-refractivity contribution >= 4 is 17.5 Å². The van der Waals surface area contributed by atoms with Gasteiger partial charge in [0.2, 0.25) is 5.91 Å². The van der Waals surface area contributed by atoms with Crippen molar-refractivity contribution in [1.82, 2.24) is 5.32 Å². The van der Waals surface area contributed by atoms with E-state index in [4.69, 9.17) is 0 Å². The number of benzene rings is 2. The van der Waals surface area contributed by atoms with Crippen molar-refractivity contribution in [3.8, 4) is 0 Å². The average Bonchev–Trinajstić information content (AvgIpc) is 2.73. The lowest BCUT2D eigenvalue weighted by Gasteiger charge is -2.23. The van der Waals surface area contributed by atoms with Crippen LogP contribution in [0.4, 0.5) is 5.69 Å². The molecular formula is C24H30N2O2. The van der Waals surface area contributed by atoms with E-state index in [1.165, 1.54) is 24.8 Å². The molecule has 148 valence electrons. The molecule has 0 aromatic heterocycles. The molecule has 0 atom stereocenters. The molecule has 2 aromatic rings. The Morgan fingerprint density at radius 1 is 0.929 bits per heavy atom. The third kappa shape index (κ3) is 5.69. The van der Waals surface area contributed by atoms with Gasteiger partial charge in [-0.05, 0) is 48.9 Å². The number of carbonyl (C=O) groups is 2. The number of aryl methyl sites for hydroxylation is 2. The minimum absolute atomic E-state index is 0.0718. The summed E-state index contributed by atoms with van der Waals surface area (Å²) in [6.07, 6.45) is 7.76. The standard InChI is InChI=1S/C24H30N2O2/c1-2-18-12-14-19(15-13-18)16-17-23(27)26-22-11-7-6-10-21(22)24(28)25-20-8-4-3-5-9-20/h6-7,10-15,20H,2-5,8-9,16-17H2,1H3,(H,25,28)(H,26,27). The fourth-order valence-electron chi connectivity index (χ4n) is 3.71. The first-order chi connectivity index (χ1) is 13.7. The third-order valence-electron chi connectivity index (χ3n) is 5.46. The predicted molar refractivity (Wildman–Crippen MR) is 114 cm³/mol. The number of rotatable bonds is 7. The number of hydrogen-bond donors (Lipinski definition) is 2. The maximum atomic E-state index is 12.7. The lowest BCUT2D eigenvalue weighted by molar-refractivity contribution is -0.116. The fraction of sp³-hybridized carbons (Fsp3) is 0.417. The van der Waals surface area contributed by atoms with Crippen molar-refractivity contribution in [2.24, 2.45) is 0 Å². The Morgan fingerprint density at radius 3 is 2.32 bits per heavy atom. The van der Waals surface area contributed by atoms with Crippen LogP contribution in [0, 0.1) is 0 Å². The van der Waals surface area contributed by atoms with Gasteiger partial charge in [-0.15, -0.1) is 0 Å². The maximum absolute atomic E-state index is 12.7. The molecule has 1 saturated carbocycles. The normalized spacial score (nSPS) is 14.5. The van der Waals surface area contributed by atoms with E-state index in [1.807, 2.05) is 12.1 Å². The van der Waals surface area contributed by atoms with Crippen LogP contribution in [0.3, 0.4) is 0 Å². The van der Waals surface area contributed by atoms with Gasteiger partial charge in [0, 0.05) is 12.5 Å². The third-order valence-corrected chi connectivity index (χ3v) is 5.46. The van der Waals surface area contributed by atoms with Crippen molar-refractivity contribution in [3.63, 3.8) is 0 Å². The molecule has 1 aliphatic rings. The van der Waals surface area contributed by atoms with Crippen molar-refractivity contribution in [2.75, 3.05) is 5.32 Å². The highest BCUT2D eigenvalue weighted by Gasteiger charge is 2.19. The summed E-state index contributed by atoms with van der Waals surface area (Å²) in [4.78, 5) is 25.1. The minimum atomic E-state index is -0.0991. The van der Waals surface area contributed by atoms with Crippen LogP contribution in [-0.4, -0.2) is 17.9 Å². The summed E-state index contributed by atoms with van der Waals surface area (Å²) in [6.45, 7) is 2.13. The van der Waals surface area contributed by atoms with Gasteiger partial charge in [0.15, 0.2) is 0 Å². The topological polar surface area (TPSA) is 58.2 Å². The van der Waals surface area contributed by atoms with E-state index in [1.54, 1.807) is 12.1 Å². The van der Waals surface area contributed by atoms with Gasteiger partial charge in [-0.2, -0.15) is 0 Å². The molecule has 4 nitrogen and oxygen atoms in total. The van der Waals surface area contributed by atoms with Gasteiger partial charge in [-0.3, -0.25) is 9.59 Å². The molecule has 28 heavy (non-hydrogen) atoms. The highest BCUT2D eigenvalue weighted by molar-refractivity contribution is 6.03. The molecule has 0 heterocycles. The molecule has 0 radical (unpaired) electrons. The van der Waals surface area contributed by atoms with Crippen LogP contribution in [0.5, 0.6) is 0 Å². The molecule has 2 aromatic carbocycles. The van der Waals surface area contributed by atoms with Crippen LogP contribution in [0.25, 0.3) is 0 Å². The highest BCUT2D eigenvalue weighted by Crippen LogP contribution is 2.20. The lowest BCUT2D eigenvalue weighted by atomic mass is 9.95. The van der Waals surface area contributed by atoms with Gasteiger partial charge < -0.3 is 10.6 Å². The lowest BCUT2D eigenvalue weighted by Crippen LogP contribution is -2.36. The van der Waals surface area contributed by atoms with Gasteiger partial charge in [0.25, 0.3) is 5.91 Å². The fourth-order valence-corrected chi connectivity index (χ4v) is 3.71. The SMILES string of the molecule is CCc1ccc(CCC(=O)Nc2ccccc2C(=O)NC2CCCCC2)cc1. The molecule has 3 rings (SSSR count). The molecule has 0 spiro atoms. The summed E-state index contributed by atoms with van der Waals surface area (Å²) in [5.41, 5.74) is 3.57. The number of amides is 2. The zero-order chi connectivity index (χ0) is 19.8. The first-order valence-electron chi connectivity index (χ1n) is 10.4. The largest absolute Gasteiger partial charge is 0.349 e. The van der Waals surface area contributed by atoms with E-state index in [-0.39, 0.29) is 17.9 Å². The molecule has 0 unspecified atom stereocenters. The van der Waals surface area contributed by atoms with Gasteiger partial charge in [0.05, 0.1) is 11.3 Å². The molecule has 0 saturated heterocycles. The van der Waals surface area contributed by atoms with Gasteiger partial charge in [0.1, 0.15) is 0 Å². The first-order valence-corrected chi connectivity index (χ1v) is 10.4. The van der Waals surface area contributed by atoms with Crippen LogP contribution >= 0.6 is 0 Å². The van der Waals surface area contributed by atoms with Crippen molar-refractivity contribution in [2.45, 2.75) is 64.3 Å². The Bertz CT molecular complexity index is 793. The minimum Gasteiger partial charge on any atom is -0.349 e. The van der Waals surface area contributed by atoms with Crippen LogP contribution in [-0.2, 0) is 17.6 Å². The monoisotopic (exact) mass is 378 g/mol. The Kier molecular flexibility index (Phi) is 7.24. The van der Waals surface area contributed by atoms with E-state index < -0.39 is 0 Å². The number of carbonyl (C=O) groups excluding carboxylic acids is 2. The zero-order valence-electron chi connectivity index (χ0n) is 16.7. The van der Waals surface area contributed by atoms with Crippen LogP contribution in [0.1, 0.15) is 66.9 Å². The Hall–Kier alpha value is -2.62. The number of hydrogen-bond acceptors (Lipinski definition) is 2. The van der Waals surface area contributed by atoms with Crippen LogP contribution < -0.4 is 10.6 Å². The molecule has 4 heteroatoms. The zero-order valence-corrected chi connectivity index (χ0v) is 16.7. The van der Waals surface area contributed by atoms with Gasteiger partial charge in [-0.25, -0.2) is 0 Å². The van der Waals surface area contributed by atoms with Gasteiger partial charge >= 0.3 is 0 Å². The summed E-state index contributed by atoms with van der Waals surface area (Å²) in [5.74, 6) is -0.171. The van der Waals surface area contributed by atoms with Crippen LogP contribution in [0.15, 0.2) is 48.5 Å². The van der Waals surface area contributed by atoms with Crippen molar-refractivity contribution in [1.29, 1.82) is 0 Å². The number of para-hydroxylation sites is 1. The number of nitrogens with one attached hydrogen (secondary N) is 2. The number of anilines is 1. The van der Waals surface area contributed by atoms with Crippen LogP contribution in [0.2, 0.25) is 0 Å². The summed E-state index contributed by atoms with van der Waals surface area (Å²) in [5, 5.41) is 6.05. The van der Waals surface area contributed by atoms with E-state index >= 15 is 0 Å². The summed E-state index contributed by atoms with van der Waals surface area (Å²) < 4.78 is 0. The second-order valence-electron chi connectivity index (χ2n) is 7.57. The Morgan fingerprint density at radius 2 is 1.61 bits per heavy atom. The molecule has 2 amide bonds. The van der Waals surface area contributed by atoms with Crippen molar-refractivity contribution < 1.29 is 9.59 Å². The maximum Gasteiger partial charge on any atom is 0.253 e. The molecule has 0 aliphatic heterocycles. The van der Waals surface area contributed by atoms with E-state index in [0.29, 0.717) is 24.1 Å². The molecule has 2 N–H and O–H groups in total. The van der Waals surface area contributed by atoms with Gasteiger partial charge in [-0.1, -0.05) is 62.6 Å². The summed E-state index contributed by atoms with van der Waals surface area (Å²) in [6, 6.07) is 15.9. The second-order valence-corrected chi connectivity index (χ2v) is 7.57. The molecular weight excluding hydrogens is 348 g/mol. The first kappa shape index (κ1) is 20.1. The quantitative estimate of drug-likeness (QED) is 0.721. The Labute approximate surface area is 167 Å². The smallest absolute Gasteiger partial charge is 0.253 e. The summed E-state index contributed by atoms with van der Waals surface area (Å²) >= 11 is 0. The second kappa shape index (κ2) is 10.1. The molecule has 0 bridgehead atoms. The average molecular weight is 379 g/mol.